The molecule has 0 amide bonds. The molecule has 0 saturated heterocycles. The third-order valence-corrected chi connectivity index (χ3v) is 7.52. The Hall–Kier alpha value is -2.66. The number of ether oxygens (including phenoxy) is 4. The van der Waals surface area contributed by atoms with Crippen molar-refractivity contribution in [2.24, 2.45) is 0 Å². The van der Waals surface area contributed by atoms with E-state index in [1.165, 1.54) is 72.7 Å². The van der Waals surface area contributed by atoms with E-state index >= 15 is 0 Å². The molecule has 3 aromatic rings. The summed E-state index contributed by atoms with van der Waals surface area (Å²) in [5.74, 6) is 3.39. The van der Waals surface area contributed by atoms with E-state index in [1.54, 1.807) is 7.11 Å². The molecule has 0 N–H and O–H groups in total. The van der Waals surface area contributed by atoms with Gasteiger partial charge in [0.2, 0.25) is 12.5 Å². The first kappa shape index (κ1) is 27.4. The summed E-state index contributed by atoms with van der Waals surface area (Å²) in [5.41, 5.74) is 5.34. The first-order valence-electron chi connectivity index (χ1n) is 13.9. The van der Waals surface area contributed by atoms with Gasteiger partial charge in [0.05, 0.1) is 24.7 Å². The van der Waals surface area contributed by atoms with Gasteiger partial charge in [-0.25, -0.2) is 0 Å². The number of rotatable bonds is 12. The topological polar surface area (TPSA) is 40.8 Å². The van der Waals surface area contributed by atoms with E-state index in [1.807, 2.05) is 0 Å². The lowest BCUT2D eigenvalue weighted by molar-refractivity contribution is -0.686. The van der Waals surface area contributed by atoms with E-state index < -0.39 is 0 Å². The second-order valence-electron chi connectivity index (χ2n) is 10.0. The number of fused-ring (bicyclic) bond motifs is 5. The molecule has 37 heavy (non-hydrogen) atoms. The Morgan fingerprint density at radius 1 is 0.892 bits per heavy atom. The number of hydrogen-bond donors (Lipinski definition) is 0. The summed E-state index contributed by atoms with van der Waals surface area (Å²) < 4.78 is 25.9. The lowest BCUT2D eigenvalue weighted by Gasteiger charge is -2.21. The van der Waals surface area contributed by atoms with Gasteiger partial charge in [0.15, 0.2) is 35.7 Å². The van der Waals surface area contributed by atoms with Gasteiger partial charge in [-0.15, -0.1) is 0 Å². The Bertz CT molecular complexity index is 1230. The smallest absolute Gasteiger partial charge is 0.231 e. The Kier molecular flexibility index (Phi) is 9.42. The van der Waals surface area contributed by atoms with Gasteiger partial charge in [0.1, 0.15) is 0 Å². The van der Waals surface area contributed by atoms with Gasteiger partial charge in [0.25, 0.3) is 0 Å². The highest BCUT2D eigenvalue weighted by molar-refractivity contribution is 5.95. The fourth-order valence-corrected chi connectivity index (χ4v) is 5.66. The van der Waals surface area contributed by atoms with Crippen molar-refractivity contribution in [2.75, 3.05) is 20.5 Å². The predicted octanol–water partition coefficient (Wildman–Crippen LogP) is 4.17. The number of aryl methyl sites for hydroxylation is 3. The van der Waals surface area contributed by atoms with E-state index in [4.69, 9.17) is 18.9 Å². The molecular formula is C31H40ClNO4. The SMILES string of the molecule is CCCCCCCCCc1c2[n+](cc3c(OCCC)c(OC)ccc13)CCc1cc3c(cc1-2)OCO3.[Cl-]. The van der Waals surface area contributed by atoms with E-state index in [0.717, 1.165) is 54.2 Å². The molecular weight excluding hydrogens is 486 g/mol. The minimum Gasteiger partial charge on any atom is -1.00 e. The van der Waals surface area contributed by atoms with Crippen molar-refractivity contribution in [3.63, 3.8) is 0 Å². The molecule has 1 aromatic heterocycles. The van der Waals surface area contributed by atoms with E-state index in [9.17, 15) is 0 Å². The standard InChI is InChI=1S/C31H40NO4.ClH/c1-4-6-7-8-9-10-11-12-24-23-13-14-27(33-3)31(34-17-5-2)26(23)20-32-16-15-22-18-28-29(36-21-35-28)19-25(22)30(24)32;/h13-14,18-20H,4-12,15-17,21H2,1-3H3;1H/q+1;/p-1. The highest BCUT2D eigenvalue weighted by atomic mass is 35.5. The molecule has 0 spiro atoms. The van der Waals surface area contributed by atoms with Crippen molar-refractivity contribution < 1.29 is 35.9 Å². The summed E-state index contributed by atoms with van der Waals surface area (Å²) in [6.07, 6.45) is 14.4. The zero-order chi connectivity index (χ0) is 24.9. The van der Waals surface area contributed by atoms with Crippen molar-refractivity contribution in [3.8, 4) is 34.3 Å². The molecule has 0 aliphatic carbocycles. The van der Waals surface area contributed by atoms with Crippen LogP contribution in [0.1, 0.15) is 76.3 Å². The van der Waals surface area contributed by atoms with Crippen LogP contribution in [0.3, 0.4) is 0 Å². The maximum Gasteiger partial charge on any atom is 0.231 e. The highest BCUT2D eigenvalue weighted by Crippen LogP contribution is 2.44. The van der Waals surface area contributed by atoms with Gasteiger partial charge in [-0.2, -0.15) is 4.57 Å². The molecule has 0 unspecified atom stereocenters. The summed E-state index contributed by atoms with van der Waals surface area (Å²) in [4.78, 5) is 0. The second kappa shape index (κ2) is 12.7. The van der Waals surface area contributed by atoms with E-state index in [0.29, 0.717) is 13.4 Å². The Balaban J connectivity index is 0.00000320. The summed E-state index contributed by atoms with van der Waals surface area (Å²) >= 11 is 0. The second-order valence-corrected chi connectivity index (χ2v) is 10.0. The van der Waals surface area contributed by atoms with Crippen molar-refractivity contribution in [1.29, 1.82) is 0 Å². The number of pyridine rings is 1. The fraction of sp³-hybridized carbons (Fsp3) is 0.516. The zero-order valence-electron chi connectivity index (χ0n) is 22.5. The van der Waals surface area contributed by atoms with Crippen molar-refractivity contribution in [3.05, 3.63) is 41.6 Å². The first-order valence-corrected chi connectivity index (χ1v) is 13.9. The molecule has 0 fully saturated rings. The number of methoxy groups -OCH3 is 1. The Morgan fingerprint density at radius 3 is 2.41 bits per heavy atom. The Labute approximate surface area is 227 Å². The lowest BCUT2D eigenvalue weighted by atomic mass is 9.89. The van der Waals surface area contributed by atoms with Crippen LogP contribution in [0.15, 0.2) is 30.5 Å². The van der Waals surface area contributed by atoms with Crippen LogP contribution in [0.2, 0.25) is 0 Å². The van der Waals surface area contributed by atoms with Crippen LogP contribution in [0.4, 0.5) is 0 Å². The minimum atomic E-state index is 0. The summed E-state index contributed by atoms with van der Waals surface area (Å²) in [6.45, 7) is 6.34. The van der Waals surface area contributed by atoms with Crippen LogP contribution in [0.5, 0.6) is 23.0 Å². The normalized spacial score (nSPS) is 13.2. The third-order valence-electron chi connectivity index (χ3n) is 7.52. The lowest BCUT2D eigenvalue weighted by Crippen LogP contribution is -3.00. The van der Waals surface area contributed by atoms with Gasteiger partial charge in [-0.3, -0.25) is 0 Å². The van der Waals surface area contributed by atoms with Crippen LogP contribution < -0.4 is 35.9 Å². The van der Waals surface area contributed by atoms with Crippen LogP contribution in [-0.4, -0.2) is 20.5 Å². The summed E-state index contributed by atoms with van der Waals surface area (Å²) in [7, 11) is 1.73. The molecule has 3 heterocycles. The molecule has 2 aliphatic heterocycles. The van der Waals surface area contributed by atoms with Gasteiger partial charge < -0.3 is 31.4 Å². The molecule has 5 rings (SSSR count). The molecule has 6 heteroatoms. The van der Waals surface area contributed by atoms with Gasteiger partial charge in [-0.1, -0.05) is 52.4 Å². The van der Waals surface area contributed by atoms with E-state index in [-0.39, 0.29) is 12.4 Å². The molecule has 2 aromatic carbocycles. The van der Waals surface area contributed by atoms with E-state index in [2.05, 4.69) is 48.9 Å². The maximum atomic E-state index is 6.27. The number of benzene rings is 2. The minimum absolute atomic E-state index is 0. The molecule has 5 nitrogen and oxygen atoms in total. The molecule has 0 bridgehead atoms. The first-order chi connectivity index (χ1) is 17.7. The van der Waals surface area contributed by atoms with Gasteiger partial charge >= 0.3 is 0 Å². The third kappa shape index (κ3) is 5.62. The summed E-state index contributed by atoms with van der Waals surface area (Å²) in [6, 6.07) is 8.68. The molecule has 2 aliphatic rings. The number of halogens is 1. The number of hydrogen-bond acceptors (Lipinski definition) is 4. The largest absolute Gasteiger partial charge is 1.00 e. The van der Waals surface area contributed by atoms with Crippen LogP contribution in [-0.2, 0) is 19.4 Å². The summed E-state index contributed by atoms with van der Waals surface area (Å²) in [5, 5.41) is 2.42. The van der Waals surface area contributed by atoms with Gasteiger partial charge in [0, 0.05) is 17.4 Å². The van der Waals surface area contributed by atoms with Crippen LogP contribution in [0.25, 0.3) is 22.0 Å². The molecule has 200 valence electrons. The predicted molar refractivity (Wildman–Crippen MR) is 143 cm³/mol. The van der Waals surface area contributed by atoms with Crippen LogP contribution >= 0.6 is 0 Å². The molecule has 0 saturated carbocycles. The average Bonchev–Trinajstić information content (AvgIpc) is 3.36. The van der Waals surface area contributed by atoms with Crippen molar-refractivity contribution in [2.45, 2.75) is 84.6 Å². The van der Waals surface area contributed by atoms with Crippen LogP contribution in [0, 0.1) is 0 Å². The quantitative estimate of drug-likeness (QED) is 0.263. The number of aromatic nitrogens is 1. The molecule has 0 radical (unpaired) electrons. The number of unbranched alkanes of at least 4 members (excludes halogenated alkanes) is 6. The van der Waals surface area contributed by atoms with Crippen molar-refractivity contribution in [1.82, 2.24) is 0 Å². The monoisotopic (exact) mass is 525 g/mol. The fourth-order valence-electron chi connectivity index (χ4n) is 5.66. The molecule has 0 atom stereocenters. The highest BCUT2D eigenvalue weighted by Gasteiger charge is 2.32. The van der Waals surface area contributed by atoms with Gasteiger partial charge in [-0.05, 0) is 49.1 Å². The maximum absolute atomic E-state index is 6.27. The zero-order valence-corrected chi connectivity index (χ0v) is 23.3. The average molecular weight is 526 g/mol. The van der Waals surface area contributed by atoms with Crippen molar-refractivity contribution >= 4 is 10.8 Å². The Morgan fingerprint density at radius 2 is 1.65 bits per heavy atom. The number of nitrogens with zero attached hydrogens (tertiary/aromatic N) is 1.